The van der Waals surface area contributed by atoms with E-state index >= 15 is 0 Å². The highest BCUT2D eigenvalue weighted by atomic mass is 32.1. The Balaban J connectivity index is 2.33. The van der Waals surface area contributed by atoms with Crippen molar-refractivity contribution in [1.29, 1.82) is 0 Å². The maximum Gasteiger partial charge on any atom is 0.241 e. The zero-order valence-corrected chi connectivity index (χ0v) is 9.25. The Labute approximate surface area is 96.6 Å². The molecule has 2 aromatic heterocycles. The van der Waals surface area contributed by atoms with Crippen molar-refractivity contribution in [3.63, 3.8) is 0 Å². The van der Waals surface area contributed by atoms with Gasteiger partial charge in [-0.1, -0.05) is 0 Å². The Hall–Kier alpha value is -1.84. The number of terminal acetylenes is 1. The number of nitrogens with two attached hydrogens (primary N) is 1. The quantitative estimate of drug-likeness (QED) is 0.362. The summed E-state index contributed by atoms with van der Waals surface area (Å²) < 4.78 is 5.48. The molecular weight excluding hydrogens is 224 g/mol. The van der Waals surface area contributed by atoms with Crippen LogP contribution < -0.4 is 16.0 Å². The second-order valence-electron chi connectivity index (χ2n) is 2.94. The smallest absolute Gasteiger partial charge is 0.241 e. The van der Waals surface area contributed by atoms with Crippen LogP contribution in [-0.2, 0) is 0 Å². The lowest BCUT2D eigenvalue weighted by atomic mass is 10.4. The van der Waals surface area contributed by atoms with E-state index < -0.39 is 0 Å². The molecule has 0 amide bonds. The zero-order chi connectivity index (χ0) is 11.4. The molecule has 5 nitrogen and oxygen atoms in total. The normalized spacial score (nSPS) is 10.0. The number of hydrazine groups is 1. The third-order valence-electron chi connectivity index (χ3n) is 1.90. The largest absolute Gasteiger partial charge is 0.476 e. The van der Waals surface area contributed by atoms with Gasteiger partial charge in [-0.05, 0) is 11.4 Å². The third kappa shape index (κ3) is 2.05. The van der Waals surface area contributed by atoms with E-state index in [0.29, 0.717) is 24.9 Å². The highest BCUT2D eigenvalue weighted by Crippen LogP contribution is 2.27. The summed E-state index contributed by atoms with van der Waals surface area (Å²) in [6.45, 7) is 0.433. The van der Waals surface area contributed by atoms with Gasteiger partial charge < -0.3 is 4.74 Å². The molecule has 0 unspecified atom stereocenters. The SMILES string of the molecule is C#CCCOc1nc(NN)nc2sccc12. The first-order chi connectivity index (χ1) is 7.85. The number of nitrogens with zero attached hydrogens (tertiary/aromatic N) is 2. The van der Waals surface area contributed by atoms with Crippen LogP contribution in [0.25, 0.3) is 10.2 Å². The van der Waals surface area contributed by atoms with E-state index in [4.69, 9.17) is 17.0 Å². The van der Waals surface area contributed by atoms with E-state index in [1.54, 1.807) is 0 Å². The predicted octanol–water partition coefficient (Wildman–Crippen LogP) is 1.38. The summed E-state index contributed by atoms with van der Waals surface area (Å²) in [4.78, 5) is 9.16. The van der Waals surface area contributed by atoms with E-state index in [1.807, 2.05) is 11.4 Å². The topological polar surface area (TPSA) is 73.1 Å². The summed E-state index contributed by atoms with van der Waals surface area (Å²) >= 11 is 1.50. The molecule has 0 atom stereocenters. The van der Waals surface area contributed by atoms with E-state index in [9.17, 15) is 0 Å². The van der Waals surface area contributed by atoms with Crippen LogP contribution in [0, 0.1) is 12.3 Å². The van der Waals surface area contributed by atoms with Gasteiger partial charge in [0.15, 0.2) is 0 Å². The number of hydrogen-bond donors (Lipinski definition) is 2. The molecule has 6 heteroatoms. The van der Waals surface area contributed by atoms with Crippen molar-refractivity contribution in [2.75, 3.05) is 12.0 Å². The van der Waals surface area contributed by atoms with Crippen LogP contribution >= 0.6 is 11.3 Å². The van der Waals surface area contributed by atoms with Crippen molar-refractivity contribution in [2.45, 2.75) is 6.42 Å². The molecule has 0 aliphatic heterocycles. The first kappa shape index (κ1) is 10.7. The molecular formula is C10H10N4OS. The minimum Gasteiger partial charge on any atom is -0.476 e. The number of fused-ring (bicyclic) bond motifs is 1. The maximum atomic E-state index is 5.48. The van der Waals surface area contributed by atoms with Crippen LogP contribution in [0.3, 0.4) is 0 Å². The van der Waals surface area contributed by atoms with Crippen molar-refractivity contribution in [3.8, 4) is 18.2 Å². The molecule has 2 heterocycles. The van der Waals surface area contributed by atoms with E-state index in [1.165, 1.54) is 11.3 Å². The predicted molar refractivity (Wildman–Crippen MR) is 64.2 cm³/mol. The van der Waals surface area contributed by atoms with E-state index in [0.717, 1.165) is 10.2 Å². The summed E-state index contributed by atoms with van der Waals surface area (Å²) in [6, 6.07) is 1.91. The maximum absolute atomic E-state index is 5.48. The van der Waals surface area contributed by atoms with E-state index in [2.05, 4.69) is 21.3 Å². The second-order valence-corrected chi connectivity index (χ2v) is 3.83. The van der Waals surface area contributed by atoms with Crippen molar-refractivity contribution in [2.24, 2.45) is 5.84 Å². The Morgan fingerprint density at radius 3 is 3.19 bits per heavy atom. The Kier molecular flexibility index (Phi) is 3.19. The Morgan fingerprint density at radius 2 is 2.44 bits per heavy atom. The molecule has 2 rings (SSSR count). The van der Waals surface area contributed by atoms with Gasteiger partial charge in [-0.2, -0.15) is 4.98 Å². The number of nitrogens with one attached hydrogen (secondary N) is 1. The van der Waals surface area contributed by atoms with Crippen LogP contribution in [0.15, 0.2) is 11.4 Å². The monoisotopic (exact) mass is 234 g/mol. The van der Waals surface area contributed by atoms with Gasteiger partial charge in [0.05, 0.1) is 5.39 Å². The van der Waals surface area contributed by atoms with Gasteiger partial charge in [0.2, 0.25) is 11.8 Å². The van der Waals surface area contributed by atoms with Crippen LogP contribution in [-0.4, -0.2) is 16.6 Å². The van der Waals surface area contributed by atoms with Crippen LogP contribution in [0.2, 0.25) is 0 Å². The third-order valence-corrected chi connectivity index (χ3v) is 2.71. The number of nitrogen functional groups attached to an aromatic ring is 1. The minimum atomic E-state index is 0.339. The number of rotatable bonds is 4. The molecule has 0 saturated carbocycles. The van der Waals surface area contributed by atoms with Gasteiger partial charge in [0, 0.05) is 6.42 Å². The highest BCUT2D eigenvalue weighted by Gasteiger charge is 2.08. The Morgan fingerprint density at radius 1 is 1.56 bits per heavy atom. The number of aromatic nitrogens is 2. The molecule has 0 saturated heterocycles. The lowest BCUT2D eigenvalue weighted by Crippen LogP contribution is -2.11. The number of hydrogen-bond acceptors (Lipinski definition) is 6. The van der Waals surface area contributed by atoms with Gasteiger partial charge in [0.1, 0.15) is 11.4 Å². The molecule has 0 aliphatic carbocycles. The van der Waals surface area contributed by atoms with Crippen molar-refractivity contribution in [1.82, 2.24) is 9.97 Å². The van der Waals surface area contributed by atoms with Crippen molar-refractivity contribution >= 4 is 27.5 Å². The zero-order valence-electron chi connectivity index (χ0n) is 8.43. The Bertz CT molecular complexity index is 531. The molecule has 16 heavy (non-hydrogen) atoms. The first-order valence-corrected chi connectivity index (χ1v) is 5.51. The van der Waals surface area contributed by atoms with Crippen LogP contribution in [0.4, 0.5) is 5.95 Å². The summed E-state index contributed by atoms with van der Waals surface area (Å²) in [5.41, 5.74) is 2.40. The van der Waals surface area contributed by atoms with Gasteiger partial charge in [0.25, 0.3) is 0 Å². The average Bonchev–Trinajstić information content (AvgIpc) is 2.77. The van der Waals surface area contributed by atoms with E-state index in [-0.39, 0.29) is 0 Å². The fraction of sp³-hybridized carbons (Fsp3) is 0.200. The molecule has 0 bridgehead atoms. The minimum absolute atomic E-state index is 0.339. The molecule has 2 aromatic rings. The standard InChI is InChI=1S/C10H10N4OS/c1-2-3-5-15-8-7-4-6-16-9(7)13-10(12-8)14-11/h1,4,6H,3,5,11H2,(H,12,13,14). The molecule has 0 aliphatic rings. The van der Waals surface area contributed by atoms with Gasteiger partial charge in [-0.15, -0.1) is 23.7 Å². The number of ether oxygens (including phenoxy) is 1. The first-order valence-electron chi connectivity index (χ1n) is 4.63. The van der Waals surface area contributed by atoms with Crippen molar-refractivity contribution < 1.29 is 4.74 Å². The molecule has 0 radical (unpaired) electrons. The average molecular weight is 234 g/mol. The lowest BCUT2D eigenvalue weighted by molar-refractivity contribution is 0.319. The fourth-order valence-electron chi connectivity index (χ4n) is 1.21. The van der Waals surface area contributed by atoms with Crippen molar-refractivity contribution in [3.05, 3.63) is 11.4 Å². The molecule has 0 aromatic carbocycles. The second kappa shape index (κ2) is 4.79. The summed E-state index contributed by atoms with van der Waals surface area (Å²) in [6.07, 6.45) is 5.69. The highest BCUT2D eigenvalue weighted by molar-refractivity contribution is 7.16. The summed E-state index contributed by atoms with van der Waals surface area (Å²) in [5, 5.41) is 2.80. The fourth-order valence-corrected chi connectivity index (χ4v) is 1.96. The van der Waals surface area contributed by atoms with Crippen LogP contribution in [0.5, 0.6) is 5.88 Å². The molecule has 82 valence electrons. The van der Waals surface area contributed by atoms with Crippen LogP contribution in [0.1, 0.15) is 6.42 Å². The van der Waals surface area contributed by atoms with Gasteiger partial charge in [-0.25, -0.2) is 10.8 Å². The van der Waals surface area contributed by atoms with Gasteiger partial charge in [-0.3, -0.25) is 5.43 Å². The summed E-state index contributed by atoms with van der Waals surface area (Å²) in [5.74, 6) is 8.62. The molecule has 0 spiro atoms. The molecule has 0 fully saturated rings. The summed E-state index contributed by atoms with van der Waals surface area (Å²) in [7, 11) is 0. The lowest BCUT2D eigenvalue weighted by Gasteiger charge is -2.06. The molecule has 3 N–H and O–H groups in total. The number of anilines is 1. The van der Waals surface area contributed by atoms with Gasteiger partial charge >= 0.3 is 0 Å². The number of thiophene rings is 1.